The van der Waals surface area contributed by atoms with Gasteiger partial charge >= 0.3 is 0 Å². The molecule has 0 bridgehead atoms. The number of hydrogen-bond donors (Lipinski definition) is 0. The molecule has 0 saturated heterocycles. The van der Waals surface area contributed by atoms with Gasteiger partial charge in [0, 0.05) is 61.6 Å². The molecule has 1 aromatic heterocycles. The quantitative estimate of drug-likeness (QED) is 0.0819. The first-order valence-corrected chi connectivity index (χ1v) is 35.5. The molecule has 0 N–H and O–H groups in total. The Morgan fingerprint density at radius 1 is 0.204 bits per heavy atom. The third-order valence-electron chi connectivity index (χ3n) is 22.0. The maximum atomic E-state index is 5.66. The van der Waals surface area contributed by atoms with E-state index in [9.17, 15) is 0 Å². The Morgan fingerprint density at radius 3 is 0.825 bits per heavy atom. The lowest BCUT2D eigenvalue weighted by molar-refractivity contribution is 1.07. The van der Waals surface area contributed by atoms with Crippen LogP contribution in [0, 0.1) is 0 Å². The van der Waals surface area contributed by atoms with Crippen LogP contribution in [0.4, 0.5) is 34.1 Å². The number of fused-ring (bicyclic) bond motifs is 10. The van der Waals surface area contributed by atoms with Crippen molar-refractivity contribution in [2.75, 3.05) is 9.80 Å². The summed E-state index contributed by atoms with van der Waals surface area (Å²) in [7, 11) is 0. The molecule has 0 fully saturated rings. The maximum Gasteiger partial charge on any atom is 0.252 e. The van der Waals surface area contributed by atoms with E-state index in [0.717, 1.165) is 95.3 Å². The number of anilines is 6. The molecular formula is C97H58BN5. The van der Waals surface area contributed by atoms with Gasteiger partial charge in [-0.05, 0) is 185 Å². The lowest BCUT2D eigenvalue weighted by Gasteiger charge is -2.45. The van der Waals surface area contributed by atoms with Gasteiger partial charge in [-0.3, -0.25) is 0 Å². The molecule has 474 valence electrons. The van der Waals surface area contributed by atoms with Crippen LogP contribution in [-0.4, -0.2) is 21.7 Å². The van der Waals surface area contributed by atoms with Crippen molar-refractivity contribution >= 4 is 143 Å². The minimum absolute atomic E-state index is 0.340. The highest BCUT2D eigenvalue weighted by Crippen LogP contribution is 2.55. The first kappa shape index (κ1) is 57.4. The fraction of sp³-hybridized carbons (Fsp3) is 0. The zero-order valence-electron chi connectivity index (χ0n) is 55.8. The van der Waals surface area contributed by atoms with Crippen LogP contribution < -0.4 is 26.2 Å². The molecule has 3 heterocycles. The number of aromatic nitrogens is 3. The molecule has 103 heavy (non-hydrogen) atoms. The Balaban J connectivity index is 0.963. The van der Waals surface area contributed by atoms with E-state index in [1.807, 2.05) is 12.1 Å². The molecular weight excluding hydrogens is 1250 g/mol. The van der Waals surface area contributed by atoms with Gasteiger partial charge in [0.15, 0.2) is 17.5 Å². The second-order valence-corrected chi connectivity index (χ2v) is 27.7. The van der Waals surface area contributed by atoms with Crippen LogP contribution in [0.25, 0.3) is 165 Å². The predicted molar refractivity (Wildman–Crippen MR) is 434 cm³/mol. The average Bonchev–Trinajstić information content (AvgIpc) is 0.663. The molecule has 0 aliphatic carbocycles. The average molecular weight is 1300 g/mol. The predicted octanol–water partition coefficient (Wildman–Crippen LogP) is 23.7. The van der Waals surface area contributed by atoms with Crippen LogP contribution >= 0.6 is 0 Å². The van der Waals surface area contributed by atoms with Crippen molar-refractivity contribution < 1.29 is 0 Å². The Kier molecular flexibility index (Phi) is 12.5. The van der Waals surface area contributed by atoms with Crippen LogP contribution in [-0.2, 0) is 0 Å². The minimum Gasteiger partial charge on any atom is -0.311 e. The summed E-state index contributed by atoms with van der Waals surface area (Å²) in [5.41, 5.74) is 21.6. The highest BCUT2D eigenvalue weighted by Gasteiger charge is 2.46. The lowest BCUT2D eigenvalue weighted by Crippen LogP contribution is -2.61. The number of rotatable bonds is 9. The van der Waals surface area contributed by atoms with Crippen molar-refractivity contribution in [3.63, 3.8) is 0 Å². The van der Waals surface area contributed by atoms with Crippen molar-refractivity contribution in [2.45, 2.75) is 0 Å². The largest absolute Gasteiger partial charge is 0.311 e. The van der Waals surface area contributed by atoms with E-state index in [2.05, 4.69) is 350 Å². The van der Waals surface area contributed by atoms with Crippen LogP contribution in [0.2, 0.25) is 0 Å². The zero-order chi connectivity index (χ0) is 67.4. The highest BCUT2D eigenvalue weighted by molar-refractivity contribution is 7.01. The van der Waals surface area contributed by atoms with Crippen molar-refractivity contribution in [1.82, 2.24) is 15.0 Å². The van der Waals surface area contributed by atoms with Crippen LogP contribution in [0.1, 0.15) is 0 Å². The molecule has 0 amide bonds. The Bertz CT molecular complexity index is 6320. The third kappa shape index (κ3) is 8.78. The molecule has 20 aromatic rings. The van der Waals surface area contributed by atoms with E-state index >= 15 is 0 Å². The van der Waals surface area contributed by atoms with Crippen molar-refractivity contribution in [1.29, 1.82) is 0 Å². The Morgan fingerprint density at radius 2 is 0.485 bits per heavy atom. The van der Waals surface area contributed by atoms with Gasteiger partial charge in [0.05, 0.1) is 0 Å². The van der Waals surface area contributed by atoms with Gasteiger partial charge in [-0.25, -0.2) is 15.0 Å². The molecule has 6 heteroatoms. The molecule has 2 aliphatic heterocycles. The van der Waals surface area contributed by atoms with Crippen molar-refractivity contribution in [2.24, 2.45) is 0 Å². The topological polar surface area (TPSA) is 45.2 Å². The second kappa shape index (κ2) is 22.5. The summed E-state index contributed by atoms with van der Waals surface area (Å²) in [6.45, 7) is -0.340. The van der Waals surface area contributed by atoms with E-state index in [-0.39, 0.29) is 6.71 Å². The van der Waals surface area contributed by atoms with Gasteiger partial charge in [0.2, 0.25) is 0 Å². The van der Waals surface area contributed by atoms with Crippen LogP contribution in [0.3, 0.4) is 0 Å². The van der Waals surface area contributed by atoms with Gasteiger partial charge in [-0.15, -0.1) is 0 Å². The molecule has 0 atom stereocenters. The van der Waals surface area contributed by atoms with Crippen molar-refractivity contribution in [3.8, 4) is 78.7 Å². The number of nitrogens with zero attached hydrogens (tertiary/aromatic N) is 5. The molecule has 0 saturated carbocycles. The Labute approximate surface area is 594 Å². The van der Waals surface area contributed by atoms with E-state index in [1.165, 1.54) is 103 Å². The van der Waals surface area contributed by atoms with Gasteiger partial charge in [-0.1, -0.05) is 303 Å². The number of hydrogen-bond acceptors (Lipinski definition) is 5. The monoisotopic (exact) mass is 1300 g/mol. The van der Waals surface area contributed by atoms with Gasteiger partial charge in [-0.2, -0.15) is 0 Å². The van der Waals surface area contributed by atoms with Crippen LogP contribution in [0.15, 0.2) is 352 Å². The standard InChI is InChI=1S/C97H58BN5/c1-7-25-59(26-8-1)67-49-68(60-27-9-2-10-28-60)52-72(51-67)102-86-55-71(97-100-95(65-33-15-5-16-34-65)99-96(101-97)66-35-17-6-18-36-66)56-87-92(86)98(84-57-82-78-43-21-39-63-37-19-41-74(88(63)78)76-45-23-47-80(90(76)82)93(84)102)85-58-83-79-44-22-40-64-38-20-42-75(89(64)79)77-46-24-48-81(91(77)83)94(85)103(87)73-53-69(61-29-11-3-12-30-61)50-70(54-73)62-31-13-4-14-32-62/h1-58H. The maximum absolute atomic E-state index is 5.66. The zero-order valence-corrected chi connectivity index (χ0v) is 55.8. The summed E-state index contributed by atoms with van der Waals surface area (Å²) in [4.78, 5) is 22.0. The fourth-order valence-corrected chi connectivity index (χ4v) is 17.7. The third-order valence-corrected chi connectivity index (χ3v) is 22.0. The molecule has 5 nitrogen and oxygen atoms in total. The number of benzene rings is 19. The highest BCUT2D eigenvalue weighted by atomic mass is 15.2. The fourth-order valence-electron chi connectivity index (χ4n) is 17.7. The summed E-state index contributed by atoms with van der Waals surface area (Å²) in [6.07, 6.45) is 0. The van der Waals surface area contributed by atoms with Crippen LogP contribution in [0.5, 0.6) is 0 Å². The summed E-state index contributed by atoms with van der Waals surface area (Å²) >= 11 is 0. The second-order valence-electron chi connectivity index (χ2n) is 27.7. The van der Waals surface area contributed by atoms with Gasteiger partial charge in [0.25, 0.3) is 6.71 Å². The SMILES string of the molecule is c1ccc(-c2cc(-c3ccccc3)cc(N3c4cc(-c5nc(-c6ccccc6)nc(-c6ccccc6)n5)cc5c4B(c4cc6c7cccc8cccc(c9cccc(c43)c96)c87)c3cc4c6cccc7cccc(c8cccc(c3N5c3cc(-c5ccccc5)cc(-c5ccccc5)c3)c84)c76)c2)cc1. The lowest BCUT2D eigenvalue weighted by atomic mass is 9.33. The smallest absolute Gasteiger partial charge is 0.252 e. The summed E-state index contributed by atoms with van der Waals surface area (Å²) in [6, 6.07) is 131. The summed E-state index contributed by atoms with van der Waals surface area (Å²) in [5.74, 6) is 1.75. The summed E-state index contributed by atoms with van der Waals surface area (Å²) in [5, 5.41) is 19.8. The van der Waals surface area contributed by atoms with E-state index < -0.39 is 0 Å². The molecule has 0 radical (unpaired) electrons. The minimum atomic E-state index is -0.340. The van der Waals surface area contributed by atoms with E-state index in [1.54, 1.807) is 0 Å². The van der Waals surface area contributed by atoms with Crippen molar-refractivity contribution in [3.05, 3.63) is 352 Å². The summed E-state index contributed by atoms with van der Waals surface area (Å²) < 4.78 is 0. The van der Waals surface area contributed by atoms with E-state index in [0.29, 0.717) is 17.5 Å². The molecule has 0 spiro atoms. The van der Waals surface area contributed by atoms with Gasteiger partial charge < -0.3 is 9.80 Å². The molecule has 0 unspecified atom stereocenters. The van der Waals surface area contributed by atoms with E-state index in [4.69, 9.17) is 15.0 Å². The first-order chi connectivity index (χ1) is 51.1. The molecule has 19 aromatic carbocycles. The Hall–Kier alpha value is -13.5. The normalized spacial score (nSPS) is 12.6. The first-order valence-electron chi connectivity index (χ1n) is 35.5. The molecule has 2 aliphatic rings. The molecule has 22 rings (SSSR count). The van der Waals surface area contributed by atoms with Gasteiger partial charge in [0.1, 0.15) is 0 Å².